The van der Waals surface area contributed by atoms with Crippen molar-refractivity contribution < 1.29 is 23.5 Å². The first-order chi connectivity index (χ1) is 17.6. The smallest absolute Gasteiger partial charge is 0.287 e. The first-order valence-corrected chi connectivity index (χ1v) is 12.3. The van der Waals surface area contributed by atoms with Crippen LogP contribution in [0.5, 0.6) is 5.75 Å². The number of nitrogens with zero attached hydrogens (tertiary/aromatic N) is 1. The van der Waals surface area contributed by atoms with Crippen molar-refractivity contribution in [3.05, 3.63) is 84.3 Å². The molecule has 1 saturated carbocycles. The first kappa shape index (κ1) is 25.0. The Kier molecular flexibility index (Phi) is 8.39. The third-order valence-electron chi connectivity index (χ3n) is 6.16. The molecule has 188 valence electrons. The summed E-state index contributed by atoms with van der Waals surface area (Å²) in [7, 11) is 0. The highest BCUT2D eigenvalue weighted by atomic mass is 16.5. The zero-order chi connectivity index (χ0) is 25.3. The molecule has 1 fully saturated rings. The van der Waals surface area contributed by atoms with E-state index < -0.39 is 17.9 Å². The highest BCUT2D eigenvalue weighted by Crippen LogP contribution is 2.30. The molecule has 2 aromatic carbocycles. The SMILES string of the molecule is CCOc1ccc(N(C(=O)CNC(=O)c2ccco2)[C@H](C(=O)NC2CCCC2)c2ccccc2)cc1. The van der Waals surface area contributed by atoms with Crippen LogP contribution >= 0.6 is 0 Å². The van der Waals surface area contributed by atoms with E-state index in [0.717, 1.165) is 25.7 Å². The van der Waals surface area contributed by atoms with E-state index in [4.69, 9.17) is 9.15 Å². The van der Waals surface area contributed by atoms with Crippen LogP contribution < -0.4 is 20.3 Å². The lowest BCUT2D eigenvalue weighted by atomic mass is 10.0. The number of hydrogen-bond donors (Lipinski definition) is 2. The van der Waals surface area contributed by atoms with Gasteiger partial charge in [-0.1, -0.05) is 43.2 Å². The van der Waals surface area contributed by atoms with E-state index in [1.54, 1.807) is 30.3 Å². The summed E-state index contributed by atoms with van der Waals surface area (Å²) in [6, 6.07) is 18.5. The molecule has 0 aliphatic heterocycles. The number of furan rings is 1. The summed E-state index contributed by atoms with van der Waals surface area (Å²) >= 11 is 0. The molecular weight excluding hydrogens is 458 g/mol. The van der Waals surface area contributed by atoms with E-state index >= 15 is 0 Å². The highest BCUT2D eigenvalue weighted by molar-refractivity contribution is 6.04. The summed E-state index contributed by atoms with van der Waals surface area (Å²) in [5.74, 6) is -0.436. The minimum absolute atomic E-state index is 0.0830. The van der Waals surface area contributed by atoms with Crippen LogP contribution in [-0.4, -0.2) is 36.9 Å². The van der Waals surface area contributed by atoms with E-state index in [9.17, 15) is 14.4 Å². The lowest BCUT2D eigenvalue weighted by Crippen LogP contribution is -2.49. The maximum absolute atomic E-state index is 13.7. The zero-order valence-electron chi connectivity index (χ0n) is 20.3. The number of rotatable bonds is 10. The summed E-state index contributed by atoms with van der Waals surface area (Å²) in [5, 5.41) is 5.75. The Labute approximate surface area is 210 Å². The number of anilines is 1. The molecule has 3 aromatic rings. The second-order valence-corrected chi connectivity index (χ2v) is 8.65. The van der Waals surface area contributed by atoms with Crippen LogP contribution in [0.25, 0.3) is 0 Å². The van der Waals surface area contributed by atoms with Gasteiger partial charge in [0.15, 0.2) is 5.76 Å². The number of ether oxygens (including phenoxy) is 1. The van der Waals surface area contributed by atoms with Crippen LogP contribution in [0, 0.1) is 0 Å². The van der Waals surface area contributed by atoms with Gasteiger partial charge in [-0.25, -0.2) is 0 Å². The molecule has 3 amide bonds. The predicted octanol–water partition coefficient (Wildman–Crippen LogP) is 4.24. The average Bonchev–Trinajstić information content (AvgIpc) is 3.62. The molecule has 8 nitrogen and oxygen atoms in total. The molecule has 0 bridgehead atoms. The van der Waals surface area contributed by atoms with Crippen LogP contribution in [0.4, 0.5) is 5.69 Å². The standard InChI is InChI=1S/C28H31N3O5/c1-2-35-23-16-14-22(15-17-23)31(25(32)19-29-27(33)24-13-8-18-36-24)26(20-9-4-3-5-10-20)28(34)30-21-11-6-7-12-21/h3-5,8-10,13-18,21,26H,2,6-7,11-12,19H2,1H3,(H,29,33)(H,30,34)/t26-/m0/s1. The van der Waals surface area contributed by atoms with Gasteiger partial charge in [0.1, 0.15) is 11.8 Å². The molecule has 0 unspecified atom stereocenters. The average molecular weight is 490 g/mol. The number of carbonyl (C=O) groups is 3. The Hall–Kier alpha value is -4.07. The lowest BCUT2D eigenvalue weighted by molar-refractivity contribution is -0.126. The summed E-state index contributed by atoms with van der Waals surface area (Å²) < 4.78 is 10.7. The van der Waals surface area contributed by atoms with Gasteiger partial charge in [0.05, 0.1) is 19.4 Å². The molecule has 1 atom stereocenters. The molecule has 8 heteroatoms. The van der Waals surface area contributed by atoms with Crippen molar-refractivity contribution in [2.45, 2.75) is 44.7 Å². The fourth-order valence-electron chi connectivity index (χ4n) is 4.45. The molecule has 0 spiro atoms. The van der Waals surface area contributed by atoms with Crippen LogP contribution in [-0.2, 0) is 9.59 Å². The number of carbonyl (C=O) groups excluding carboxylic acids is 3. The zero-order valence-corrected chi connectivity index (χ0v) is 20.3. The van der Waals surface area contributed by atoms with Crippen LogP contribution in [0.3, 0.4) is 0 Å². The van der Waals surface area contributed by atoms with Crippen molar-refractivity contribution in [2.75, 3.05) is 18.1 Å². The normalized spacial score (nSPS) is 14.1. The van der Waals surface area contributed by atoms with Crippen molar-refractivity contribution in [1.29, 1.82) is 0 Å². The third-order valence-corrected chi connectivity index (χ3v) is 6.16. The Morgan fingerprint density at radius 2 is 1.72 bits per heavy atom. The van der Waals surface area contributed by atoms with Gasteiger partial charge in [-0.2, -0.15) is 0 Å². The second-order valence-electron chi connectivity index (χ2n) is 8.65. The van der Waals surface area contributed by atoms with Crippen molar-refractivity contribution in [3.63, 3.8) is 0 Å². The van der Waals surface area contributed by atoms with Gasteiger partial charge in [-0.3, -0.25) is 19.3 Å². The van der Waals surface area contributed by atoms with Gasteiger partial charge < -0.3 is 19.8 Å². The van der Waals surface area contributed by atoms with Gasteiger partial charge in [0, 0.05) is 11.7 Å². The van der Waals surface area contributed by atoms with E-state index in [1.165, 1.54) is 17.2 Å². The van der Waals surface area contributed by atoms with Crippen molar-refractivity contribution in [1.82, 2.24) is 10.6 Å². The van der Waals surface area contributed by atoms with Crippen molar-refractivity contribution in [3.8, 4) is 5.75 Å². The maximum atomic E-state index is 13.7. The molecule has 0 radical (unpaired) electrons. The minimum Gasteiger partial charge on any atom is -0.494 e. The van der Waals surface area contributed by atoms with Crippen molar-refractivity contribution in [2.24, 2.45) is 0 Å². The number of nitrogens with one attached hydrogen (secondary N) is 2. The molecule has 0 saturated heterocycles. The first-order valence-electron chi connectivity index (χ1n) is 12.3. The Balaban J connectivity index is 1.66. The topological polar surface area (TPSA) is 101 Å². The quantitative estimate of drug-likeness (QED) is 0.444. The lowest BCUT2D eigenvalue weighted by Gasteiger charge is -2.32. The van der Waals surface area contributed by atoms with Gasteiger partial charge in [-0.05, 0) is 61.7 Å². The number of hydrogen-bond acceptors (Lipinski definition) is 5. The van der Waals surface area contributed by atoms with Crippen LogP contribution in [0.2, 0.25) is 0 Å². The molecule has 1 aromatic heterocycles. The van der Waals surface area contributed by atoms with E-state index in [1.807, 2.05) is 37.3 Å². The van der Waals surface area contributed by atoms with Crippen LogP contribution in [0.15, 0.2) is 77.4 Å². The van der Waals surface area contributed by atoms with Gasteiger partial charge in [0.2, 0.25) is 11.8 Å². The molecule has 1 aliphatic rings. The third kappa shape index (κ3) is 6.13. The highest BCUT2D eigenvalue weighted by Gasteiger charge is 2.34. The minimum atomic E-state index is -0.919. The number of benzene rings is 2. The molecule has 4 rings (SSSR count). The molecule has 36 heavy (non-hydrogen) atoms. The summed E-state index contributed by atoms with van der Waals surface area (Å²) in [4.78, 5) is 41.2. The second kappa shape index (κ2) is 12.1. The Bertz CT molecular complexity index is 1140. The maximum Gasteiger partial charge on any atom is 0.287 e. The predicted molar refractivity (Wildman–Crippen MR) is 136 cm³/mol. The Morgan fingerprint density at radius 3 is 2.36 bits per heavy atom. The largest absolute Gasteiger partial charge is 0.494 e. The monoisotopic (exact) mass is 489 g/mol. The summed E-state index contributed by atoms with van der Waals surface area (Å²) in [6.45, 7) is 2.09. The van der Waals surface area contributed by atoms with Crippen molar-refractivity contribution >= 4 is 23.4 Å². The van der Waals surface area contributed by atoms with E-state index in [2.05, 4.69) is 10.6 Å². The van der Waals surface area contributed by atoms with Crippen LogP contribution in [0.1, 0.15) is 54.8 Å². The van der Waals surface area contributed by atoms with E-state index in [-0.39, 0.29) is 24.3 Å². The fourth-order valence-corrected chi connectivity index (χ4v) is 4.45. The number of amides is 3. The van der Waals surface area contributed by atoms with Gasteiger partial charge in [-0.15, -0.1) is 0 Å². The Morgan fingerprint density at radius 1 is 1.00 bits per heavy atom. The van der Waals surface area contributed by atoms with Gasteiger partial charge >= 0.3 is 0 Å². The summed E-state index contributed by atoms with van der Waals surface area (Å²) in [6.07, 6.45) is 5.37. The molecule has 2 N–H and O–H groups in total. The van der Waals surface area contributed by atoms with Gasteiger partial charge in [0.25, 0.3) is 5.91 Å². The van der Waals surface area contributed by atoms with E-state index in [0.29, 0.717) is 23.6 Å². The molecular formula is C28H31N3O5. The summed E-state index contributed by atoms with van der Waals surface area (Å²) in [5.41, 5.74) is 1.19. The fraction of sp³-hybridized carbons (Fsp3) is 0.321. The molecule has 1 aliphatic carbocycles. The molecule has 1 heterocycles.